The minimum atomic E-state index is -0.425. The number of nitrogens with two attached hydrogens (primary N) is 1. The minimum Gasteiger partial charge on any atom is -0.409 e. The van der Waals surface area contributed by atoms with Crippen LogP contribution in [0.4, 0.5) is 15.9 Å². The molecule has 12 heteroatoms. The van der Waals surface area contributed by atoms with Crippen LogP contribution in [0.3, 0.4) is 0 Å². The van der Waals surface area contributed by atoms with E-state index in [0.29, 0.717) is 18.8 Å². The van der Waals surface area contributed by atoms with Crippen LogP contribution in [-0.2, 0) is 0 Å². The molecule has 2 rings (SSSR count). The van der Waals surface area contributed by atoms with E-state index < -0.39 is 5.82 Å². The maximum Gasteiger partial charge on any atom is 0.203 e. The third kappa shape index (κ3) is 4.55. The lowest BCUT2D eigenvalue weighted by atomic mass is 10.3. The highest BCUT2D eigenvalue weighted by atomic mass is 79.9. The fourth-order valence-electron chi connectivity index (χ4n) is 1.68. The van der Waals surface area contributed by atoms with Crippen LogP contribution in [0.1, 0.15) is 5.69 Å². The summed E-state index contributed by atoms with van der Waals surface area (Å²) in [5.74, 6) is -0.401. The fraction of sp³-hybridized carbons (Fsp3) is 0.167. The number of hydrogen-bond acceptors (Lipinski definition) is 7. The van der Waals surface area contributed by atoms with Crippen LogP contribution < -0.4 is 21.7 Å². The number of oxime groups is 1. The molecule has 1 aromatic carbocycles. The standard InChI is InChI=1S/C12H14BrFN8O2/c13-7-5-6(1-2-8(7)14)19-11(20-23)9-10(22-24-21-9)17-3-4-18-12(15)16/h1-2,5,23H,3-4H2,(H,17,22)(H,19,20)(H4,15,16,18). The van der Waals surface area contributed by atoms with E-state index in [2.05, 4.69) is 52.0 Å². The van der Waals surface area contributed by atoms with Crippen molar-refractivity contribution in [3.8, 4) is 0 Å². The molecule has 7 N–H and O–H groups in total. The molecule has 10 nitrogen and oxygen atoms in total. The van der Waals surface area contributed by atoms with Gasteiger partial charge >= 0.3 is 0 Å². The highest BCUT2D eigenvalue weighted by Crippen LogP contribution is 2.21. The summed E-state index contributed by atoms with van der Waals surface area (Å²) < 4.78 is 18.1. The van der Waals surface area contributed by atoms with Crippen LogP contribution in [-0.4, -0.2) is 40.4 Å². The molecule has 0 fully saturated rings. The van der Waals surface area contributed by atoms with Crippen molar-refractivity contribution >= 4 is 39.2 Å². The Morgan fingerprint density at radius 1 is 1.42 bits per heavy atom. The Labute approximate surface area is 143 Å². The smallest absolute Gasteiger partial charge is 0.203 e. The van der Waals surface area contributed by atoms with Crippen LogP contribution in [0, 0.1) is 11.2 Å². The fourth-order valence-corrected chi connectivity index (χ4v) is 2.06. The number of nitrogens with zero attached hydrogens (tertiary/aromatic N) is 3. The normalized spacial score (nSPS) is 11.2. The van der Waals surface area contributed by atoms with Crippen LogP contribution in [0.2, 0.25) is 0 Å². The highest BCUT2D eigenvalue weighted by molar-refractivity contribution is 9.10. The predicted molar refractivity (Wildman–Crippen MR) is 88.8 cm³/mol. The van der Waals surface area contributed by atoms with E-state index in [0.717, 1.165) is 0 Å². The Bertz CT molecular complexity index is 750. The molecule has 2 aromatic rings. The minimum absolute atomic E-state index is 0.0446. The average Bonchev–Trinajstić information content (AvgIpc) is 3.00. The lowest BCUT2D eigenvalue weighted by Crippen LogP contribution is -2.34. The number of aromatic nitrogens is 2. The van der Waals surface area contributed by atoms with Gasteiger partial charge in [0.05, 0.1) is 4.47 Å². The van der Waals surface area contributed by atoms with Gasteiger partial charge in [0.15, 0.2) is 11.7 Å². The van der Waals surface area contributed by atoms with E-state index in [-0.39, 0.29) is 27.8 Å². The van der Waals surface area contributed by atoms with Crippen molar-refractivity contribution < 1.29 is 14.2 Å². The summed E-state index contributed by atoms with van der Waals surface area (Å²) in [6.07, 6.45) is 0. The summed E-state index contributed by atoms with van der Waals surface area (Å²) in [4.78, 5) is 0. The number of anilines is 2. The van der Waals surface area contributed by atoms with Crippen molar-refractivity contribution in [2.75, 3.05) is 23.7 Å². The van der Waals surface area contributed by atoms with Gasteiger partial charge in [-0.25, -0.2) is 9.02 Å². The number of halogens is 2. The molecular weight excluding hydrogens is 387 g/mol. The lowest BCUT2D eigenvalue weighted by Gasteiger charge is -2.08. The molecule has 0 aliphatic carbocycles. The second kappa shape index (κ2) is 8.10. The first kappa shape index (κ1) is 17.5. The predicted octanol–water partition coefficient (Wildman–Crippen LogP) is 1.11. The first-order chi connectivity index (χ1) is 11.5. The number of nitrogens with one attached hydrogen (secondary N) is 4. The summed E-state index contributed by atoms with van der Waals surface area (Å²) >= 11 is 3.06. The Balaban J connectivity index is 2.07. The molecule has 1 heterocycles. The van der Waals surface area contributed by atoms with Crippen molar-refractivity contribution in [2.45, 2.75) is 0 Å². The van der Waals surface area contributed by atoms with Gasteiger partial charge in [-0.2, -0.15) is 0 Å². The van der Waals surface area contributed by atoms with E-state index >= 15 is 0 Å². The summed E-state index contributed by atoms with van der Waals surface area (Å²) in [5.41, 5.74) is 5.75. The van der Waals surface area contributed by atoms with Crippen molar-refractivity contribution in [3.05, 3.63) is 34.2 Å². The molecule has 1 aromatic heterocycles. The Morgan fingerprint density at radius 3 is 2.88 bits per heavy atom. The van der Waals surface area contributed by atoms with Gasteiger partial charge in [0.25, 0.3) is 0 Å². The zero-order valence-electron chi connectivity index (χ0n) is 12.2. The van der Waals surface area contributed by atoms with E-state index in [1.807, 2.05) is 0 Å². The van der Waals surface area contributed by atoms with Crippen LogP contribution in [0.25, 0.3) is 0 Å². The summed E-state index contributed by atoms with van der Waals surface area (Å²) in [7, 11) is 0. The molecule has 0 amide bonds. The van der Waals surface area contributed by atoms with E-state index in [4.69, 9.17) is 11.1 Å². The van der Waals surface area contributed by atoms with Gasteiger partial charge in [0.2, 0.25) is 11.7 Å². The van der Waals surface area contributed by atoms with Crippen molar-refractivity contribution in [1.29, 1.82) is 5.41 Å². The van der Waals surface area contributed by atoms with Crippen LogP contribution in [0.15, 0.2) is 32.5 Å². The lowest BCUT2D eigenvalue weighted by molar-refractivity contribution is 0.305. The van der Waals surface area contributed by atoms with E-state index in [1.54, 1.807) is 0 Å². The molecule has 0 bridgehead atoms. The van der Waals surface area contributed by atoms with Crippen LogP contribution in [0.5, 0.6) is 0 Å². The maximum atomic E-state index is 13.3. The second-order valence-electron chi connectivity index (χ2n) is 4.43. The van der Waals surface area contributed by atoms with Crippen molar-refractivity contribution in [1.82, 2.24) is 15.6 Å². The molecular formula is C12H14BrFN8O2. The molecule has 0 atom stereocenters. The first-order valence-corrected chi connectivity index (χ1v) is 7.39. The van der Waals surface area contributed by atoms with Gasteiger partial charge in [-0.05, 0) is 44.4 Å². The third-order valence-electron chi connectivity index (χ3n) is 2.73. The summed E-state index contributed by atoms with van der Waals surface area (Å²) in [5, 5.41) is 35.0. The molecule has 24 heavy (non-hydrogen) atoms. The molecule has 0 aliphatic heterocycles. The van der Waals surface area contributed by atoms with Crippen molar-refractivity contribution in [2.24, 2.45) is 10.9 Å². The Hall–Kier alpha value is -2.89. The van der Waals surface area contributed by atoms with Gasteiger partial charge in [-0.3, -0.25) is 5.41 Å². The highest BCUT2D eigenvalue weighted by Gasteiger charge is 2.17. The average molecular weight is 401 g/mol. The molecule has 0 unspecified atom stereocenters. The number of benzene rings is 1. The van der Waals surface area contributed by atoms with Crippen molar-refractivity contribution in [3.63, 3.8) is 0 Å². The van der Waals surface area contributed by atoms with Gasteiger partial charge in [0.1, 0.15) is 5.82 Å². The van der Waals surface area contributed by atoms with Gasteiger partial charge in [-0.1, -0.05) is 5.16 Å². The zero-order chi connectivity index (χ0) is 17.5. The SMILES string of the molecule is N=C(N)NCCNc1nonc1/C(=N/O)Nc1ccc(F)c(Br)c1. The Kier molecular flexibility index (Phi) is 5.89. The monoisotopic (exact) mass is 400 g/mol. The van der Waals surface area contributed by atoms with E-state index in [1.165, 1.54) is 18.2 Å². The zero-order valence-corrected chi connectivity index (χ0v) is 13.8. The van der Waals surface area contributed by atoms with Gasteiger partial charge in [-0.15, -0.1) is 0 Å². The van der Waals surface area contributed by atoms with Crippen LogP contribution >= 0.6 is 15.9 Å². The third-order valence-corrected chi connectivity index (χ3v) is 3.34. The molecule has 0 saturated heterocycles. The molecule has 0 spiro atoms. The number of guanidine groups is 1. The van der Waals surface area contributed by atoms with E-state index in [9.17, 15) is 9.60 Å². The number of hydrogen-bond donors (Lipinski definition) is 6. The largest absolute Gasteiger partial charge is 0.409 e. The first-order valence-electron chi connectivity index (χ1n) is 6.60. The Morgan fingerprint density at radius 2 is 2.21 bits per heavy atom. The second-order valence-corrected chi connectivity index (χ2v) is 5.29. The summed E-state index contributed by atoms with van der Waals surface area (Å²) in [6.45, 7) is 0.729. The molecule has 0 aliphatic rings. The van der Waals surface area contributed by atoms with Gasteiger partial charge in [0, 0.05) is 18.8 Å². The molecule has 128 valence electrons. The van der Waals surface area contributed by atoms with Gasteiger partial charge < -0.3 is 26.9 Å². The maximum absolute atomic E-state index is 13.3. The summed E-state index contributed by atoms with van der Waals surface area (Å²) in [6, 6.07) is 4.18. The number of rotatable bonds is 6. The molecule has 0 saturated carbocycles. The quantitative estimate of drug-likeness (QED) is 0.138. The topological polar surface area (TPSA) is 157 Å². The molecule has 0 radical (unpaired) electrons. The number of amidine groups is 1.